The van der Waals surface area contributed by atoms with Gasteiger partial charge in [0.15, 0.2) is 5.82 Å². The fourth-order valence-corrected chi connectivity index (χ4v) is 3.43. The van der Waals surface area contributed by atoms with Crippen LogP contribution in [-0.4, -0.2) is 34.5 Å². The molecule has 3 rings (SSSR count). The van der Waals surface area contributed by atoms with Crippen molar-refractivity contribution in [2.75, 3.05) is 18.1 Å². The summed E-state index contributed by atoms with van der Waals surface area (Å²) in [7, 11) is 0. The minimum atomic E-state index is 0.214. The molecule has 1 unspecified atom stereocenters. The second kappa shape index (κ2) is 5.87. The fraction of sp³-hybridized carbons (Fsp3) is 0.733. The lowest BCUT2D eigenvalue weighted by Crippen LogP contribution is -2.32. The van der Waals surface area contributed by atoms with Gasteiger partial charge in [0.25, 0.3) is 0 Å². The number of aromatic nitrogens is 2. The van der Waals surface area contributed by atoms with Crippen molar-refractivity contribution in [3.63, 3.8) is 0 Å². The van der Waals surface area contributed by atoms with Crippen LogP contribution in [0.1, 0.15) is 56.6 Å². The van der Waals surface area contributed by atoms with E-state index in [0.29, 0.717) is 5.92 Å². The van der Waals surface area contributed by atoms with Gasteiger partial charge < -0.3 is 10.0 Å². The molecule has 2 heterocycles. The Morgan fingerprint density at radius 1 is 1.05 bits per heavy atom. The molecule has 4 nitrogen and oxygen atoms in total. The minimum Gasteiger partial charge on any atom is -0.394 e. The molecule has 1 aromatic rings. The Labute approximate surface area is 114 Å². The largest absolute Gasteiger partial charge is 0.394 e. The van der Waals surface area contributed by atoms with E-state index in [2.05, 4.69) is 27.2 Å². The van der Waals surface area contributed by atoms with Gasteiger partial charge in [0.1, 0.15) is 0 Å². The van der Waals surface area contributed by atoms with E-state index in [-0.39, 0.29) is 12.6 Å². The van der Waals surface area contributed by atoms with Gasteiger partial charge in [0, 0.05) is 12.5 Å². The van der Waals surface area contributed by atoms with Crippen LogP contribution in [0, 0.1) is 0 Å². The molecular weight excluding hydrogens is 238 g/mol. The molecule has 19 heavy (non-hydrogen) atoms. The highest BCUT2D eigenvalue weighted by molar-refractivity contribution is 5.40. The van der Waals surface area contributed by atoms with Crippen molar-refractivity contribution in [2.45, 2.75) is 56.9 Å². The van der Waals surface area contributed by atoms with E-state index in [0.717, 1.165) is 30.9 Å². The zero-order valence-electron chi connectivity index (χ0n) is 11.5. The molecule has 0 spiro atoms. The molecule has 2 fully saturated rings. The van der Waals surface area contributed by atoms with E-state index >= 15 is 0 Å². The first-order chi connectivity index (χ1) is 9.38. The molecule has 1 aliphatic heterocycles. The summed E-state index contributed by atoms with van der Waals surface area (Å²) in [5.74, 6) is 1.54. The molecule has 1 atom stereocenters. The van der Waals surface area contributed by atoms with E-state index in [1.807, 2.05) is 0 Å². The molecular formula is C15H23N3O. The average Bonchev–Trinajstić information content (AvgIpc) is 2.97. The van der Waals surface area contributed by atoms with Gasteiger partial charge >= 0.3 is 0 Å². The van der Waals surface area contributed by atoms with E-state index in [9.17, 15) is 5.11 Å². The molecule has 4 heteroatoms. The van der Waals surface area contributed by atoms with Crippen LogP contribution < -0.4 is 4.90 Å². The fourth-order valence-electron chi connectivity index (χ4n) is 3.43. The lowest BCUT2D eigenvalue weighted by molar-refractivity contribution is 0.266. The first-order valence-electron chi connectivity index (χ1n) is 7.59. The van der Waals surface area contributed by atoms with Crippen LogP contribution in [0.15, 0.2) is 12.1 Å². The summed E-state index contributed by atoms with van der Waals surface area (Å²) in [6.07, 6.45) is 8.74. The second-order valence-electron chi connectivity index (χ2n) is 5.82. The third-order valence-corrected chi connectivity index (χ3v) is 4.58. The standard InChI is InChI=1S/C15H23N3O/c19-11-13-7-4-10-18(13)15-9-8-14(16-17-15)12-5-2-1-3-6-12/h8-9,12-13,19H,1-7,10-11H2. The van der Waals surface area contributed by atoms with Gasteiger partial charge in [-0.05, 0) is 37.8 Å². The molecule has 1 aromatic heterocycles. The van der Waals surface area contributed by atoms with E-state index < -0.39 is 0 Å². The molecule has 1 saturated heterocycles. The van der Waals surface area contributed by atoms with Crippen LogP contribution in [0.25, 0.3) is 0 Å². The van der Waals surface area contributed by atoms with Crippen molar-refractivity contribution in [1.29, 1.82) is 0 Å². The number of nitrogens with zero attached hydrogens (tertiary/aromatic N) is 3. The molecule has 0 aromatic carbocycles. The zero-order chi connectivity index (χ0) is 13.1. The Morgan fingerprint density at radius 2 is 1.89 bits per heavy atom. The van der Waals surface area contributed by atoms with Gasteiger partial charge in [-0.15, -0.1) is 5.10 Å². The van der Waals surface area contributed by atoms with Crippen molar-refractivity contribution < 1.29 is 5.11 Å². The van der Waals surface area contributed by atoms with Crippen LogP contribution in [0.3, 0.4) is 0 Å². The topological polar surface area (TPSA) is 49.2 Å². The van der Waals surface area contributed by atoms with Gasteiger partial charge in [-0.3, -0.25) is 0 Å². The molecule has 1 aliphatic carbocycles. The number of rotatable bonds is 3. The normalized spacial score (nSPS) is 24.9. The monoisotopic (exact) mass is 261 g/mol. The molecule has 1 saturated carbocycles. The summed E-state index contributed by atoms with van der Waals surface area (Å²) in [6, 6.07) is 4.46. The summed E-state index contributed by atoms with van der Waals surface area (Å²) >= 11 is 0. The Morgan fingerprint density at radius 3 is 2.58 bits per heavy atom. The quantitative estimate of drug-likeness (QED) is 0.908. The second-order valence-corrected chi connectivity index (χ2v) is 5.82. The van der Waals surface area contributed by atoms with Gasteiger partial charge in [-0.2, -0.15) is 5.10 Å². The van der Waals surface area contributed by atoms with Gasteiger partial charge in [-0.25, -0.2) is 0 Å². The van der Waals surface area contributed by atoms with Crippen LogP contribution in [0.5, 0.6) is 0 Å². The first-order valence-corrected chi connectivity index (χ1v) is 7.59. The van der Waals surface area contributed by atoms with E-state index in [1.54, 1.807) is 0 Å². The summed E-state index contributed by atoms with van der Waals surface area (Å²) in [5.41, 5.74) is 1.16. The Balaban J connectivity index is 1.71. The number of aliphatic hydroxyl groups is 1. The predicted octanol–water partition coefficient (Wildman–Crippen LogP) is 2.49. The third-order valence-electron chi connectivity index (χ3n) is 4.58. The van der Waals surface area contributed by atoms with Crippen LogP contribution in [0.4, 0.5) is 5.82 Å². The highest BCUT2D eigenvalue weighted by Crippen LogP contribution is 2.32. The van der Waals surface area contributed by atoms with Gasteiger partial charge in [0.2, 0.25) is 0 Å². The Hall–Kier alpha value is -1.16. The summed E-state index contributed by atoms with van der Waals surface area (Å²) in [6.45, 7) is 1.20. The zero-order valence-corrected chi connectivity index (χ0v) is 11.5. The van der Waals surface area contributed by atoms with E-state index in [1.165, 1.54) is 32.1 Å². The van der Waals surface area contributed by atoms with E-state index in [4.69, 9.17) is 0 Å². The summed E-state index contributed by atoms with van der Waals surface area (Å²) in [4.78, 5) is 2.19. The predicted molar refractivity (Wildman–Crippen MR) is 75.3 cm³/mol. The lowest BCUT2D eigenvalue weighted by atomic mass is 9.87. The average molecular weight is 261 g/mol. The van der Waals surface area contributed by atoms with Gasteiger partial charge in [0.05, 0.1) is 18.3 Å². The number of hydrogen-bond acceptors (Lipinski definition) is 4. The smallest absolute Gasteiger partial charge is 0.151 e. The van der Waals surface area contributed by atoms with Crippen LogP contribution >= 0.6 is 0 Å². The number of anilines is 1. The maximum atomic E-state index is 9.37. The molecule has 0 radical (unpaired) electrons. The summed E-state index contributed by atoms with van der Waals surface area (Å²) in [5, 5.41) is 18.2. The molecule has 0 bridgehead atoms. The van der Waals surface area contributed by atoms with Crippen LogP contribution in [-0.2, 0) is 0 Å². The third kappa shape index (κ3) is 2.73. The van der Waals surface area contributed by atoms with Crippen molar-refractivity contribution in [3.05, 3.63) is 17.8 Å². The highest BCUT2D eigenvalue weighted by atomic mass is 16.3. The van der Waals surface area contributed by atoms with Crippen molar-refractivity contribution >= 4 is 5.82 Å². The molecule has 1 N–H and O–H groups in total. The van der Waals surface area contributed by atoms with Crippen molar-refractivity contribution in [3.8, 4) is 0 Å². The molecule has 0 amide bonds. The summed E-state index contributed by atoms with van der Waals surface area (Å²) < 4.78 is 0. The van der Waals surface area contributed by atoms with Crippen molar-refractivity contribution in [1.82, 2.24) is 10.2 Å². The van der Waals surface area contributed by atoms with Crippen LogP contribution in [0.2, 0.25) is 0 Å². The van der Waals surface area contributed by atoms with Crippen molar-refractivity contribution in [2.24, 2.45) is 0 Å². The molecule has 104 valence electrons. The first kappa shape index (κ1) is 12.9. The number of hydrogen-bond donors (Lipinski definition) is 1. The highest BCUT2D eigenvalue weighted by Gasteiger charge is 2.25. The molecule has 2 aliphatic rings. The Kier molecular flexibility index (Phi) is 3.97. The Bertz CT molecular complexity index is 400. The lowest BCUT2D eigenvalue weighted by Gasteiger charge is -2.24. The maximum absolute atomic E-state index is 9.37. The minimum absolute atomic E-state index is 0.214. The number of aliphatic hydroxyl groups excluding tert-OH is 1. The SMILES string of the molecule is OCC1CCCN1c1ccc(C2CCCCC2)nn1. The maximum Gasteiger partial charge on any atom is 0.151 e. The van der Waals surface area contributed by atoms with Gasteiger partial charge in [-0.1, -0.05) is 19.3 Å².